The molecule has 0 atom stereocenters. The van der Waals surface area contributed by atoms with Crippen molar-refractivity contribution in [1.82, 2.24) is 0 Å². The SMILES string of the molecule is CCCSc1ccc(OCC(=O)O)c(C)c1. The van der Waals surface area contributed by atoms with E-state index in [9.17, 15) is 4.79 Å². The third-order valence-corrected chi connectivity index (χ3v) is 3.17. The molecule has 0 spiro atoms. The second-order valence-electron chi connectivity index (χ2n) is 3.46. The van der Waals surface area contributed by atoms with E-state index in [1.165, 1.54) is 4.90 Å². The molecule has 0 saturated heterocycles. The van der Waals surface area contributed by atoms with Crippen LogP contribution in [0.3, 0.4) is 0 Å². The number of hydrogen-bond acceptors (Lipinski definition) is 3. The van der Waals surface area contributed by atoms with E-state index in [1.807, 2.05) is 25.1 Å². The van der Waals surface area contributed by atoms with Gasteiger partial charge >= 0.3 is 5.97 Å². The number of thioether (sulfide) groups is 1. The minimum absolute atomic E-state index is 0.289. The molecule has 0 bridgehead atoms. The first-order chi connectivity index (χ1) is 7.63. The summed E-state index contributed by atoms with van der Waals surface area (Å²) in [5, 5.41) is 8.51. The molecular formula is C12H16O3S. The summed E-state index contributed by atoms with van der Waals surface area (Å²) in [5.74, 6) is 0.779. The lowest BCUT2D eigenvalue weighted by atomic mass is 10.2. The maximum absolute atomic E-state index is 10.4. The van der Waals surface area contributed by atoms with Crippen LogP contribution in [0, 0.1) is 6.92 Å². The molecule has 88 valence electrons. The van der Waals surface area contributed by atoms with Gasteiger partial charge in [-0.15, -0.1) is 11.8 Å². The highest BCUT2D eigenvalue weighted by molar-refractivity contribution is 7.99. The lowest BCUT2D eigenvalue weighted by molar-refractivity contribution is -0.139. The van der Waals surface area contributed by atoms with Crippen molar-refractivity contribution in [1.29, 1.82) is 0 Å². The zero-order valence-electron chi connectivity index (χ0n) is 9.53. The molecule has 0 aliphatic heterocycles. The molecule has 16 heavy (non-hydrogen) atoms. The molecule has 0 amide bonds. The van der Waals surface area contributed by atoms with E-state index in [2.05, 4.69) is 6.92 Å². The third kappa shape index (κ3) is 4.14. The number of aryl methyl sites for hydroxylation is 1. The van der Waals surface area contributed by atoms with Gasteiger partial charge in [0.15, 0.2) is 6.61 Å². The first-order valence-corrected chi connectivity index (χ1v) is 6.20. The van der Waals surface area contributed by atoms with Crippen LogP contribution < -0.4 is 4.74 Å². The van der Waals surface area contributed by atoms with Crippen molar-refractivity contribution in [2.45, 2.75) is 25.2 Å². The average molecular weight is 240 g/mol. The Bertz CT molecular complexity index is 363. The molecule has 0 aliphatic carbocycles. The Labute approximate surface area is 99.8 Å². The average Bonchev–Trinajstić information content (AvgIpc) is 2.24. The van der Waals surface area contributed by atoms with E-state index in [4.69, 9.17) is 9.84 Å². The van der Waals surface area contributed by atoms with E-state index in [1.54, 1.807) is 11.8 Å². The fraction of sp³-hybridized carbons (Fsp3) is 0.417. The van der Waals surface area contributed by atoms with E-state index in [0.29, 0.717) is 5.75 Å². The van der Waals surface area contributed by atoms with Gasteiger partial charge < -0.3 is 9.84 Å². The first kappa shape index (κ1) is 12.9. The summed E-state index contributed by atoms with van der Waals surface area (Å²) in [4.78, 5) is 11.6. The second-order valence-corrected chi connectivity index (χ2v) is 4.63. The number of carboxylic acids is 1. The van der Waals surface area contributed by atoms with Gasteiger partial charge in [-0.1, -0.05) is 6.92 Å². The molecule has 1 aromatic carbocycles. The van der Waals surface area contributed by atoms with Crippen molar-refractivity contribution in [2.24, 2.45) is 0 Å². The number of hydrogen-bond donors (Lipinski definition) is 1. The van der Waals surface area contributed by atoms with Crippen molar-refractivity contribution in [3.8, 4) is 5.75 Å². The van der Waals surface area contributed by atoms with Crippen molar-refractivity contribution < 1.29 is 14.6 Å². The van der Waals surface area contributed by atoms with Crippen molar-refractivity contribution >= 4 is 17.7 Å². The van der Waals surface area contributed by atoms with Gasteiger partial charge in [-0.25, -0.2) is 4.79 Å². The molecule has 1 aromatic rings. The molecule has 0 aromatic heterocycles. The molecule has 0 unspecified atom stereocenters. The fourth-order valence-electron chi connectivity index (χ4n) is 1.23. The zero-order chi connectivity index (χ0) is 12.0. The fourth-order valence-corrected chi connectivity index (χ4v) is 2.10. The van der Waals surface area contributed by atoms with Crippen LogP contribution in [0.4, 0.5) is 0 Å². The number of aliphatic carboxylic acids is 1. The molecule has 0 radical (unpaired) electrons. The monoisotopic (exact) mass is 240 g/mol. The van der Waals surface area contributed by atoms with Gasteiger partial charge in [0.05, 0.1) is 0 Å². The third-order valence-electron chi connectivity index (χ3n) is 1.97. The summed E-state index contributed by atoms with van der Waals surface area (Å²) in [6.45, 7) is 3.78. The van der Waals surface area contributed by atoms with Crippen LogP contribution in [-0.2, 0) is 4.79 Å². The Morgan fingerprint density at radius 1 is 1.50 bits per heavy atom. The Morgan fingerprint density at radius 3 is 2.81 bits per heavy atom. The van der Waals surface area contributed by atoms with Gasteiger partial charge in [-0.3, -0.25) is 0 Å². The largest absolute Gasteiger partial charge is 0.482 e. The van der Waals surface area contributed by atoms with Gasteiger partial charge in [0.1, 0.15) is 5.75 Å². The quantitative estimate of drug-likeness (QED) is 0.776. The molecule has 0 fully saturated rings. The molecule has 1 rings (SSSR count). The van der Waals surface area contributed by atoms with Crippen molar-refractivity contribution in [2.75, 3.05) is 12.4 Å². The Hall–Kier alpha value is -1.16. The molecule has 3 nitrogen and oxygen atoms in total. The number of ether oxygens (including phenoxy) is 1. The zero-order valence-corrected chi connectivity index (χ0v) is 10.3. The standard InChI is InChI=1S/C12H16O3S/c1-3-6-16-10-4-5-11(9(2)7-10)15-8-12(13)14/h4-5,7H,3,6,8H2,1-2H3,(H,13,14). The first-order valence-electron chi connectivity index (χ1n) is 5.21. The van der Waals surface area contributed by atoms with Gasteiger partial charge in [0.25, 0.3) is 0 Å². The maximum atomic E-state index is 10.4. The van der Waals surface area contributed by atoms with E-state index in [0.717, 1.165) is 17.7 Å². The van der Waals surface area contributed by atoms with Gasteiger partial charge in [0, 0.05) is 4.90 Å². The summed E-state index contributed by atoms with van der Waals surface area (Å²) in [6, 6.07) is 5.82. The number of carbonyl (C=O) groups is 1. The topological polar surface area (TPSA) is 46.5 Å². The molecule has 4 heteroatoms. The van der Waals surface area contributed by atoms with E-state index >= 15 is 0 Å². The highest BCUT2D eigenvalue weighted by Gasteiger charge is 2.03. The van der Waals surface area contributed by atoms with Crippen LogP contribution in [0.15, 0.2) is 23.1 Å². The van der Waals surface area contributed by atoms with E-state index < -0.39 is 5.97 Å². The summed E-state index contributed by atoms with van der Waals surface area (Å²) in [5.41, 5.74) is 0.974. The van der Waals surface area contributed by atoms with Gasteiger partial charge in [-0.2, -0.15) is 0 Å². The molecule has 1 N–H and O–H groups in total. The minimum Gasteiger partial charge on any atom is -0.482 e. The summed E-state index contributed by atoms with van der Waals surface area (Å²) >= 11 is 1.80. The Kier molecular flexibility index (Phi) is 5.19. The number of carboxylic acid groups (broad SMARTS) is 1. The second kappa shape index (κ2) is 6.43. The minimum atomic E-state index is -0.955. The van der Waals surface area contributed by atoms with Gasteiger partial charge in [-0.05, 0) is 42.9 Å². The normalized spacial score (nSPS) is 10.1. The summed E-state index contributed by atoms with van der Waals surface area (Å²) in [6.07, 6.45) is 1.14. The summed E-state index contributed by atoms with van der Waals surface area (Å²) < 4.78 is 5.15. The number of rotatable bonds is 6. The van der Waals surface area contributed by atoms with Crippen LogP contribution in [-0.4, -0.2) is 23.4 Å². The Morgan fingerprint density at radius 2 is 2.25 bits per heavy atom. The van der Waals surface area contributed by atoms with Gasteiger partial charge in [0.2, 0.25) is 0 Å². The highest BCUT2D eigenvalue weighted by atomic mass is 32.2. The van der Waals surface area contributed by atoms with Crippen LogP contribution >= 0.6 is 11.8 Å². The Balaban J connectivity index is 2.63. The predicted molar refractivity (Wildman–Crippen MR) is 65.3 cm³/mol. The van der Waals surface area contributed by atoms with E-state index in [-0.39, 0.29) is 6.61 Å². The number of benzene rings is 1. The smallest absolute Gasteiger partial charge is 0.341 e. The highest BCUT2D eigenvalue weighted by Crippen LogP contribution is 2.25. The lowest BCUT2D eigenvalue weighted by Gasteiger charge is -2.08. The predicted octanol–water partition coefficient (Wildman–Crippen LogP) is 2.96. The molecular weight excluding hydrogens is 224 g/mol. The van der Waals surface area contributed by atoms with Crippen LogP contribution in [0.1, 0.15) is 18.9 Å². The van der Waals surface area contributed by atoms with Crippen LogP contribution in [0.25, 0.3) is 0 Å². The molecule has 0 aliphatic rings. The molecule has 0 heterocycles. The lowest BCUT2D eigenvalue weighted by Crippen LogP contribution is -2.09. The van der Waals surface area contributed by atoms with Crippen LogP contribution in [0.2, 0.25) is 0 Å². The van der Waals surface area contributed by atoms with Crippen LogP contribution in [0.5, 0.6) is 5.75 Å². The maximum Gasteiger partial charge on any atom is 0.341 e. The summed E-state index contributed by atoms with van der Waals surface area (Å²) in [7, 11) is 0. The molecule has 0 saturated carbocycles. The van der Waals surface area contributed by atoms with Crippen molar-refractivity contribution in [3.05, 3.63) is 23.8 Å². The van der Waals surface area contributed by atoms with Crippen molar-refractivity contribution in [3.63, 3.8) is 0 Å².